The molecule has 21 heavy (non-hydrogen) atoms. The molecule has 1 N–H and O–H groups in total. The van der Waals surface area contributed by atoms with Gasteiger partial charge >= 0.3 is 0 Å². The van der Waals surface area contributed by atoms with Gasteiger partial charge in [0.2, 0.25) is 5.95 Å². The Labute approximate surface area is 124 Å². The van der Waals surface area contributed by atoms with Gasteiger partial charge in [-0.25, -0.2) is 9.97 Å². The van der Waals surface area contributed by atoms with Gasteiger partial charge in [-0.1, -0.05) is 0 Å². The summed E-state index contributed by atoms with van der Waals surface area (Å²) in [6.07, 6.45) is 9.65. The van der Waals surface area contributed by atoms with Crippen molar-refractivity contribution in [1.82, 2.24) is 19.7 Å². The third kappa shape index (κ3) is 3.05. The molecule has 1 aliphatic heterocycles. The second-order valence-corrected chi connectivity index (χ2v) is 5.75. The molecule has 0 aliphatic carbocycles. The maximum atomic E-state index is 10.4. The number of hydrogen-bond donors (Lipinski definition) is 1. The van der Waals surface area contributed by atoms with Crippen molar-refractivity contribution in [2.75, 3.05) is 11.4 Å². The van der Waals surface area contributed by atoms with Crippen LogP contribution in [0.1, 0.15) is 36.5 Å². The van der Waals surface area contributed by atoms with Gasteiger partial charge in [0.25, 0.3) is 0 Å². The summed E-state index contributed by atoms with van der Waals surface area (Å²) in [4.78, 5) is 11.0. The number of aromatic nitrogens is 4. The third-order valence-electron chi connectivity index (χ3n) is 4.01. The van der Waals surface area contributed by atoms with Gasteiger partial charge in [0.1, 0.15) is 0 Å². The molecule has 0 radical (unpaired) electrons. The van der Waals surface area contributed by atoms with E-state index in [4.69, 9.17) is 0 Å². The second-order valence-electron chi connectivity index (χ2n) is 5.75. The van der Waals surface area contributed by atoms with Gasteiger partial charge in [-0.3, -0.25) is 4.68 Å². The standard InChI is InChI=1S/C15H21N5O/c1-11-7-16-15(17-8-11)20-5-3-4-13(20)6-14(21)12-9-18-19(2)10-12/h7-10,13-14,21H,3-6H2,1-2H3. The van der Waals surface area contributed by atoms with Gasteiger partial charge in [-0.05, 0) is 31.7 Å². The van der Waals surface area contributed by atoms with Crippen molar-refractivity contribution < 1.29 is 5.11 Å². The molecule has 2 atom stereocenters. The van der Waals surface area contributed by atoms with E-state index in [9.17, 15) is 5.11 Å². The Morgan fingerprint density at radius 2 is 2.10 bits per heavy atom. The summed E-state index contributed by atoms with van der Waals surface area (Å²) in [5, 5.41) is 14.5. The van der Waals surface area contributed by atoms with Crippen LogP contribution in [0.4, 0.5) is 5.95 Å². The van der Waals surface area contributed by atoms with Crippen molar-refractivity contribution in [3.05, 3.63) is 35.9 Å². The maximum Gasteiger partial charge on any atom is 0.225 e. The predicted molar refractivity (Wildman–Crippen MR) is 79.9 cm³/mol. The first-order valence-electron chi connectivity index (χ1n) is 7.35. The first-order chi connectivity index (χ1) is 10.1. The minimum atomic E-state index is -0.491. The van der Waals surface area contributed by atoms with Crippen molar-refractivity contribution in [2.24, 2.45) is 7.05 Å². The molecular weight excluding hydrogens is 266 g/mol. The zero-order valence-corrected chi connectivity index (χ0v) is 12.5. The average Bonchev–Trinajstić information content (AvgIpc) is 3.09. The molecule has 0 bridgehead atoms. The van der Waals surface area contributed by atoms with Crippen LogP contribution in [0.2, 0.25) is 0 Å². The minimum Gasteiger partial charge on any atom is -0.388 e. The molecule has 2 aromatic heterocycles. The average molecular weight is 287 g/mol. The van der Waals surface area contributed by atoms with Crippen molar-refractivity contribution in [3.63, 3.8) is 0 Å². The maximum absolute atomic E-state index is 10.4. The Bertz CT molecular complexity index is 594. The number of rotatable bonds is 4. The summed E-state index contributed by atoms with van der Waals surface area (Å²) < 4.78 is 1.72. The van der Waals surface area contributed by atoms with E-state index in [-0.39, 0.29) is 6.04 Å². The van der Waals surface area contributed by atoms with Crippen LogP contribution in [-0.4, -0.2) is 37.4 Å². The van der Waals surface area contributed by atoms with Crippen molar-refractivity contribution in [3.8, 4) is 0 Å². The van der Waals surface area contributed by atoms with E-state index in [1.165, 1.54) is 0 Å². The van der Waals surface area contributed by atoms with Crippen LogP contribution < -0.4 is 4.90 Å². The Morgan fingerprint density at radius 3 is 2.76 bits per heavy atom. The molecule has 0 saturated carbocycles. The zero-order chi connectivity index (χ0) is 14.8. The number of aryl methyl sites for hydroxylation is 2. The van der Waals surface area contributed by atoms with Gasteiger partial charge in [0, 0.05) is 43.8 Å². The second kappa shape index (κ2) is 5.81. The predicted octanol–water partition coefficient (Wildman–Crippen LogP) is 1.61. The normalized spacial score (nSPS) is 20.0. The highest BCUT2D eigenvalue weighted by molar-refractivity contribution is 5.33. The monoisotopic (exact) mass is 287 g/mol. The first-order valence-corrected chi connectivity index (χ1v) is 7.35. The molecule has 1 saturated heterocycles. The number of anilines is 1. The summed E-state index contributed by atoms with van der Waals surface area (Å²) in [6, 6.07) is 0.280. The Hall–Kier alpha value is -1.95. The highest BCUT2D eigenvalue weighted by Crippen LogP contribution is 2.29. The fourth-order valence-corrected chi connectivity index (χ4v) is 2.88. The summed E-state index contributed by atoms with van der Waals surface area (Å²) >= 11 is 0. The van der Waals surface area contributed by atoms with Gasteiger partial charge in [0.05, 0.1) is 12.3 Å². The molecule has 2 aromatic rings. The zero-order valence-electron chi connectivity index (χ0n) is 12.5. The lowest BCUT2D eigenvalue weighted by molar-refractivity contribution is 0.158. The fourth-order valence-electron chi connectivity index (χ4n) is 2.88. The number of aliphatic hydroxyl groups excluding tert-OH is 1. The molecular formula is C15H21N5O. The summed E-state index contributed by atoms with van der Waals surface area (Å²) in [7, 11) is 1.86. The van der Waals surface area contributed by atoms with Gasteiger partial charge in [0.15, 0.2) is 0 Å². The van der Waals surface area contributed by atoms with Crippen LogP contribution in [0.5, 0.6) is 0 Å². The van der Waals surface area contributed by atoms with Crippen LogP contribution in [-0.2, 0) is 7.05 Å². The topological polar surface area (TPSA) is 67.1 Å². The van der Waals surface area contributed by atoms with Crippen molar-refractivity contribution in [1.29, 1.82) is 0 Å². The van der Waals surface area contributed by atoms with Crippen LogP contribution in [0.25, 0.3) is 0 Å². The molecule has 6 nitrogen and oxygen atoms in total. The van der Waals surface area contributed by atoms with Crippen molar-refractivity contribution >= 4 is 5.95 Å². The number of aliphatic hydroxyl groups is 1. The molecule has 0 amide bonds. The lowest BCUT2D eigenvalue weighted by atomic mass is 10.0. The Kier molecular flexibility index (Phi) is 3.88. The molecule has 0 aromatic carbocycles. The molecule has 3 rings (SSSR count). The Morgan fingerprint density at radius 1 is 1.33 bits per heavy atom. The largest absolute Gasteiger partial charge is 0.388 e. The van der Waals surface area contributed by atoms with E-state index in [0.717, 1.165) is 36.5 Å². The molecule has 1 fully saturated rings. The first kappa shape index (κ1) is 14.0. The summed E-state index contributed by atoms with van der Waals surface area (Å²) in [5.74, 6) is 0.765. The van der Waals surface area contributed by atoms with Crippen LogP contribution in [0.15, 0.2) is 24.8 Å². The Balaban J connectivity index is 1.70. The van der Waals surface area contributed by atoms with Gasteiger partial charge in [-0.15, -0.1) is 0 Å². The molecule has 3 heterocycles. The summed E-state index contributed by atoms with van der Waals surface area (Å²) in [5.41, 5.74) is 1.93. The molecule has 0 spiro atoms. The highest BCUT2D eigenvalue weighted by atomic mass is 16.3. The van der Waals surface area contributed by atoms with E-state index >= 15 is 0 Å². The minimum absolute atomic E-state index is 0.280. The number of nitrogens with zero attached hydrogens (tertiary/aromatic N) is 5. The highest BCUT2D eigenvalue weighted by Gasteiger charge is 2.29. The molecule has 2 unspecified atom stereocenters. The van der Waals surface area contributed by atoms with Crippen LogP contribution in [0.3, 0.4) is 0 Å². The molecule has 1 aliphatic rings. The van der Waals surface area contributed by atoms with Crippen molar-refractivity contribution in [2.45, 2.75) is 38.3 Å². The van der Waals surface area contributed by atoms with E-state index < -0.39 is 6.10 Å². The van der Waals surface area contributed by atoms with E-state index in [1.54, 1.807) is 10.9 Å². The van der Waals surface area contributed by atoms with E-state index in [0.29, 0.717) is 6.42 Å². The molecule has 112 valence electrons. The lowest BCUT2D eigenvalue weighted by Gasteiger charge is -2.26. The quantitative estimate of drug-likeness (QED) is 0.925. The van der Waals surface area contributed by atoms with E-state index in [2.05, 4.69) is 20.0 Å². The number of hydrogen-bond acceptors (Lipinski definition) is 5. The van der Waals surface area contributed by atoms with Gasteiger partial charge in [-0.2, -0.15) is 5.10 Å². The van der Waals surface area contributed by atoms with Gasteiger partial charge < -0.3 is 10.0 Å². The fraction of sp³-hybridized carbons (Fsp3) is 0.533. The lowest BCUT2D eigenvalue weighted by Crippen LogP contribution is -2.32. The third-order valence-corrected chi connectivity index (χ3v) is 4.01. The SMILES string of the molecule is Cc1cnc(N2CCCC2CC(O)c2cnn(C)c2)nc1. The smallest absolute Gasteiger partial charge is 0.225 e. The van der Waals surface area contributed by atoms with E-state index in [1.807, 2.05) is 32.6 Å². The summed E-state index contributed by atoms with van der Waals surface area (Å²) in [6.45, 7) is 2.94. The molecule has 6 heteroatoms. The van der Waals surface area contributed by atoms with Crippen LogP contribution >= 0.6 is 0 Å². The van der Waals surface area contributed by atoms with Crippen LogP contribution in [0, 0.1) is 6.92 Å².